The monoisotopic (exact) mass is 344 g/mol. The Morgan fingerprint density at radius 2 is 1.67 bits per heavy atom. The van der Waals surface area contributed by atoms with Crippen molar-refractivity contribution in [2.75, 3.05) is 5.32 Å². The fraction of sp³-hybridized carbons (Fsp3) is 0. The summed E-state index contributed by atoms with van der Waals surface area (Å²) in [5.74, 6) is -0.595. The van der Waals surface area contributed by atoms with E-state index in [1.807, 2.05) is 0 Å². The number of hydrogen-bond donors (Lipinski definition) is 1. The highest BCUT2D eigenvalue weighted by Gasteiger charge is 2.16. The summed E-state index contributed by atoms with van der Waals surface area (Å²) in [6, 6.07) is 8.12. The fourth-order valence-electron chi connectivity index (χ4n) is 1.63. The number of nitro groups is 1. The molecule has 2 rings (SSSR count). The molecule has 0 spiro atoms. The summed E-state index contributed by atoms with van der Waals surface area (Å²) in [5, 5.41) is 14.1. The Morgan fingerprint density at radius 1 is 1.05 bits per heavy atom. The van der Waals surface area contributed by atoms with Crippen LogP contribution in [0, 0.1) is 10.1 Å². The van der Waals surface area contributed by atoms with Crippen LogP contribution in [-0.2, 0) is 0 Å². The van der Waals surface area contributed by atoms with Gasteiger partial charge in [0, 0.05) is 27.9 Å². The molecular formula is C13H7Cl3N2O3. The second-order valence-corrected chi connectivity index (χ2v) is 5.31. The number of non-ortho nitro benzene ring substituents is 1. The first-order valence-corrected chi connectivity index (χ1v) is 6.71. The Hall–Kier alpha value is -1.82. The lowest BCUT2D eigenvalue weighted by Crippen LogP contribution is -2.12. The Kier molecular flexibility index (Phi) is 4.67. The molecule has 0 heterocycles. The second kappa shape index (κ2) is 6.30. The maximum atomic E-state index is 12.1. The van der Waals surface area contributed by atoms with Crippen molar-refractivity contribution in [2.24, 2.45) is 0 Å². The number of hydrogen-bond acceptors (Lipinski definition) is 3. The molecule has 5 nitrogen and oxygen atoms in total. The molecule has 0 aromatic heterocycles. The molecule has 0 saturated heterocycles. The van der Waals surface area contributed by atoms with Gasteiger partial charge in [-0.3, -0.25) is 14.9 Å². The van der Waals surface area contributed by atoms with E-state index < -0.39 is 10.8 Å². The Balaban J connectivity index is 2.31. The highest BCUT2D eigenvalue weighted by Crippen LogP contribution is 2.25. The van der Waals surface area contributed by atoms with Crippen LogP contribution in [0.1, 0.15) is 10.4 Å². The maximum absolute atomic E-state index is 12.1. The zero-order chi connectivity index (χ0) is 15.6. The van der Waals surface area contributed by atoms with E-state index in [2.05, 4.69) is 5.32 Å². The molecule has 0 aliphatic rings. The molecule has 1 N–H and O–H groups in total. The molecule has 0 bridgehead atoms. The van der Waals surface area contributed by atoms with Crippen LogP contribution in [0.15, 0.2) is 36.4 Å². The van der Waals surface area contributed by atoms with E-state index >= 15 is 0 Å². The SMILES string of the molecule is O=C(Nc1cc(Cl)cc(Cl)c1)c1cc([N+](=O)[O-])ccc1Cl. The lowest BCUT2D eigenvalue weighted by molar-refractivity contribution is -0.384. The molecule has 0 aliphatic heterocycles. The molecule has 21 heavy (non-hydrogen) atoms. The summed E-state index contributed by atoms with van der Waals surface area (Å²) in [7, 11) is 0. The molecular weight excluding hydrogens is 339 g/mol. The number of nitrogens with one attached hydrogen (secondary N) is 1. The van der Waals surface area contributed by atoms with E-state index in [1.54, 1.807) is 0 Å². The first-order chi connectivity index (χ1) is 9.86. The first kappa shape index (κ1) is 15.6. The molecule has 8 heteroatoms. The van der Waals surface area contributed by atoms with Crippen molar-refractivity contribution >= 4 is 52.1 Å². The average molecular weight is 346 g/mol. The predicted octanol–water partition coefficient (Wildman–Crippen LogP) is 4.81. The molecule has 0 saturated carbocycles. The smallest absolute Gasteiger partial charge is 0.270 e. The number of halogens is 3. The number of nitro benzene ring substituents is 1. The zero-order valence-electron chi connectivity index (χ0n) is 10.3. The molecule has 1 amide bonds. The van der Waals surface area contributed by atoms with E-state index in [4.69, 9.17) is 34.8 Å². The number of carbonyl (C=O) groups is 1. The number of benzene rings is 2. The van der Waals surface area contributed by atoms with Gasteiger partial charge < -0.3 is 5.32 Å². The largest absolute Gasteiger partial charge is 0.322 e. The van der Waals surface area contributed by atoms with Crippen LogP contribution in [0.3, 0.4) is 0 Å². The van der Waals surface area contributed by atoms with Crippen molar-refractivity contribution in [1.29, 1.82) is 0 Å². The Bertz CT molecular complexity index is 714. The molecule has 108 valence electrons. The molecule has 0 fully saturated rings. The van der Waals surface area contributed by atoms with Crippen LogP contribution in [0.5, 0.6) is 0 Å². The topological polar surface area (TPSA) is 72.2 Å². The molecule has 0 unspecified atom stereocenters. The van der Waals surface area contributed by atoms with E-state index in [-0.39, 0.29) is 16.3 Å². The predicted molar refractivity (Wildman–Crippen MR) is 82.5 cm³/mol. The van der Waals surface area contributed by atoms with Gasteiger partial charge in [-0.15, -0.1) is 0 Å². The normalized spacial score (nSPS) is 10.2. The summed E-state index contributed by atoms with van der Waals surface area (Å²) >= 11 is 17.5. The summed E-state index contributed by atoms with van der Waals surface area (Å²) in [6.45, 7) is 0. The minimum absolute atomic E-state index is 0.0121. The van der Waals surface area contributed by atoms with E-state index in [0.29, 0.717) is 15.7 Å². The van der Waals surface area contributed by atoms with Crippen LogP contribution in [0.25, 0.3) is 0 Å². The van der Waals surface area contributed by atoms with Gasteiger partial charge in [0.25, 0.3) is 11.6 Å². The molecule has 2 aromatic rings. The Morgan fingerprint density at radius 3 is 2.24 bits per heavy atom. The van der Waals surface area contributed by atoms with Crippen molar-refractivity contribution < 1.29 is 9.72 Å². The average Bonchev–Trinajstić information content (AvgIpc) is 2.37. The quantitative estimate of drug-likeness (QED) is 0.641. The first-order valence-electron chi connectivity index (χ1n) is 5.58. The van der Waals surface area contributed by atoms with Crippen molar-refractivity contribution in [3.63, 3.8) is 0 Å². The van der Waals surface area contributed by atoms with E-state index in [0.717, 1.165) is 6.07 Å². The van der Waals surface area contributed by atoms with Gasteiger partial charge >= 0.3 is 0 Å². The third-order valence-electron chi connectivity index (χ3n) is 2.53. The van der Waals surface area contributed by atoms with Crippen LogP contribution in [0.4, 0.5) is 11.4 Å². The second-order valence-electron chi connectivity index (χ2n) is 4.03. The third kappa shape index (κ3) is 3.85. The lowest BCUT2D eigenvalue weighted by atomic mass is 10.2. The standard InChI is InChI=1S/C13H7Cl3N2O3/c14-7-3-8(15)5-9(4-7)17-13(19)11-6-10(18(20)21)1-2-12(11)16/h1-6H,(H,17,19). The van der Waals surface area contributed by atoms with Gasteiger partial charge in [0.1, 0.15) is 0 Å². The van der Waals surface area contributed by atoms with Gasteiger partial charge in [0.2, 0.25) is 0 Å². The van der Waals surface area contributed by atoms with E-state index in [9.17, 15) is 14.9 Å². The lowest BCUT2D eigenvalue weighted by Gasteiger charge is -2.07. The van der Waals surface area contributed by atoms with Crippen LogP contribution >= 0.6 is 34.8 Å². The van der Waals surface area contributed by atoms with Gasteiger partial charge in [0.05, 0.1) is 15.5 Å². The molecule has 0 atom stereocenters. The molecule has 2 aromatic carbocycles. The highest BCUT2D eigenvalue weighted by atomic mass is 35.5. The minimum Gasteiger partial charge on any atom is -0.322 e. The minimum atomic E-state index is -0.608. The molecule has 0 aliphatic carbocycles. The van der Waals surface area contributed by atoms with Crippen molar-refractivity contribution in [3.8, 4) is 0 Å². The zero-order valence-corrected chi connectivity index (χ0v) is 12.5. The summed E-state index contributed by atoms with van der Waals surface area (Å²) < 4.78 is 0. The van der Waals surface area contributed by atoms with Crippen molar-refractivity contribution in [3.05, 3.63) is 67.1 Å². The van der Waals surface area contributed by atoms with Gasteiger partial charge in [-0.2, -0.15) is 0 Å². The van der Waals surface area contributed by atoms with Gasteiger partial charge in [-0.05, 0) is 24.3 Å². The Labute approximate surface area is 134 Å². The number of carbonyl (C=O) groups excluding carboxylic acids is 1. The summed E-state index contributed by atoms with van der Waals surface area (Å²) in [4.78, 5) is 22.3. The van der Waals surface area contributed by atoms with Crippen LogP contribution < -0.4 is 5.32 Å². The van der Waals surface area contributed by atoms with E-state index in [1.165, 1.54) is 30.3 Å². The summed E-state index contributed by atoms with van der Waals surface area (Å²) in [5.41, 5.74) is 0.121. The third-order valence-corrected chi connectivity index (χ3v) is 3.29. The highest BCUT2D eigenvalue weighted by molar-refractivity contribution is 6.36. The summed E-state index contributed by atoms with van der Waals surface area (Å²) in [6.07, 6.45) is 0. The van der Waals surface area contributed by atoms with Crippen molar-refractivity contribution in [2.45, 2.75) is 0 Å². The van der Waals surface area contributed by atoms with Gasteiger partial charge in [-0.25, -0.2) is 0 Å². The van der Waals surface area contributed by atoms with Crippen molar-refractivity contribution in [1.82, 2.24) is 0 Å². The van der Waals surface area contributed by atoms with Crippen LogP contribution in [-0.4, -0.2) is 10.8 Å². The van der Waals surface area contributed by atoms with Crippen LogP contribution in [0.2, 0.25) is 15.1 Å². The fourth-order valence-corrected chi connectivity index (χ4v) is 2.35. The van der Waals surface area contributed by atoms with Gasteiger partial charge in [-0.1, -0.05) is 34.8 Å². The number of nitrogens with zero attached hydrogens (tertiary/aromatic N) is 1. The molecule has 0 radical (unpaired) electrons. The van der Waals surface area contributed by atoms with Gasteiger partial charge in [0.15, 0.2) is 0 Å². The number of rotatable bonds is 3. The number of amides is 1. The number of anilines is 1. The maximum Gasteiger partial charge on any atom is 0.270 e.